The Bertz CT molecular complexity index is 1170. The number of hydrogen-bond acceptors (Lipinski definition) is 11. The average molecular weight is 616 g/mol. The fourth-order valence-corrected chi connectivity index (χ4v) is 4.02. The first kappa shape index (κ1) is 26.2. The Labute approximate surface area is 214 Å². The second-order valence-corrected chi connectivity index (χ2v) is 8.61. The van der Waals surface area contributed by atoms with Crippen molar-refractivity contribution in [2.24, 2.45) is 0 Å². The second-order valence-electron chi connectivity index (χ2n) is 6.90. The molecule has 0 aromatic heterocycles. The predicted molar refractivity (Wildman–Crippen MR) is 122 cm³/mol. The minimum absolute atomic E-state index is 0.0595. The van der Waals surface area contributed by atoms with Crippen LogP contribution in [0.3, 0.4) is 0 Å². The van der Waals surface area contributed by atoms with Gasteiger partial charge < -0.3 is 29.2 Å². The Morgan fingerprint density at radius 2 is 1.17 bits per heavy atom. The topological polar surface area (TPSA) is 163 Å². The number of benzene rings is 2. The molecule has 0 bridgehead atoms. The number of phenols is 2. The Morgan fingerprint density at radius 3 is 1.51 bits per heavy atom. The average Bonchev–Trinajstić information content (AvgIpc) is 3.23. The molecule has 2 aliphatic heterocycles. The number of aromatic hydroxyl groups is 2. The molecule has 0 unspecified atom stereocenters. The molecular formula is C22H16Br2O11. The van der Waals surface area contributed by atoms with Crippen LogP contribution in [-0.2, 0) is 38.9 Å². The third-order valence-electron chi connectivity index (χ3n) is 4.85. The van der Waals surface area contributed by atoms with E-state index in [1.54, 1.807) is 0 Å². The van der Waals surface area contributed by atoms with Gasteiger partial charge in [0.2, 0.25) is 5.41 Å². The number of fused-ring (bicyclic) bond motifs is 4. The number of ether oxygens (including phenoxy) is 4. The van der Waals surface area contributed by atoms with Gasteiger partial charge in [-0.25, -0.2) is 19.2 Å². The highest BCUT2D eigenvalue weighted by molar-refractivity contribution is 9.10. The standard InChI is InChI=1S/C15H6Br2O6.C7H10O5/c16-7-1-5-11(3-9(7)18)22-13(20)15(5)6-2-8(17)10(19)4-12(6)23-14(15)21;1-3-11-6(9)5(8)7(10)12-4-2/h1-4,18-19H;3-4H2,1-2H3. The monoisotopic (exact) mass is 614 g/mol. The normalized spacial score (nSPS) is 14.2. The van der Waals surface area contributed by atoms with Crippen LogP contribution < -0.4 is 9.47 Å². The molecule has 0 atom stereocenters. The first-order valence-electron chi connectivity index (χ1n) is 9.87. The fraction of sp³-hybridized carbons (Fsp3) is 0.227. The fourth-order valence-electron chi connectivity index (χ4n) is 3.34. The van der Waals surface area contributed by atoms with Gasteiger partial charge >= 0.3 is 29.7 Å². The summed E-state index contributed by atoms with van der Waals surface area (Å²) in [6.07, 6.45) is 0. The van der Waals surface area contributed by atoms with Crippen LogP contribution in [0.15, 0.2) is 33.2 Å². The van der Waals surface area contributed by atoms with Gasteiger partial charge in [-0.2, -0.15) is 0 Å². The zero-order valence-corrected chi connectivity index (χ0v) is 21.2. The summed E-state index contributed by atoms with van der Waals surface area (Å²) in [4.78, 5) is 56.9. The minimum atomic E-state index is -1.77. The summed E-state index contributed by atoms with van der Waals surface area (Å²) in [5.41, 5.74) is -1.22. The number of carbonyl (C=O) groups excluding carboxylic acids is 5. The summed E-state index contributed by atoms with van der Waals surface area (Å²) in [5, 5.41) is 19.5. The molecule has 0 saturated carbocycles. The van der Waals surface area contributed by atoms with E-state index in [-0.39, 0.29) is 47.3 Å². The smallest absolute Gasteiger partial charge is 0.386 e. The molecule has 2 N–H and O–H groups in total. The van der Waals surface area contributed by atoms with Gasteiger partial charge in [-0.1, -0.05) is 0 Å². The Balaban J connectivity index is 0.000000245. The van der Waals surface area contributed by atoms with Crippen LogP contribution in [0.4, 0.5) is 0 Å². The molecule has 1 spiro atoms. The van der Waals surface area contributed by atoms with Crippen molar-refractivity contribution in [3.8, 4) is 23.0 Å². The zero-order chi connectivity index (χ0) is 26.1. The van der Waals surface area contributed by atoms with Crippen molar-refractivity contribution in [1.29, 1.82) is 0 Å². The van der Waals surface area contributed by atoms with E-state index >= 15 is 0 Å². The number of hydrogen-bond donors (Lipinski definition) is 2. The Kier molecular flexibility index (Phi) is 7.50. The summed E-state index contributed by atoms with van der Waals surface area (Å²) in [7, 11) is 0. The van der Waals surface area contributed by atoms with Gasteiger partial charge in [0, 0.05) is 23.3 Å². The summed E-state index contributed by atoms with van der Waals surface area (Å²) >= 11 is 6.33. The highest BCUT2D eigenvalue weighted by Gasteiger charge is 2.63. The van der Waals surface area contributed by atoms with Crippen molar-refractivity contribution in [1.82, 2.24) is 0 Å². The third-order valence-corrected chi connectivity index (χ3v) is 6.12. The first-order valence-corrected chi connectivity index (χ1v) is 11.5. The quantitative estimate of drug-likeness (QED) is 0.225. The predicted octanol–water partition coefficient (Wildman–Crippen LogP) is 2.43. The molecule has 4 rings (SSSR count). The highest BCUT2D eigenvalue weighted by Crippen LogP contribution is 2.55. The van der Waals surface area contributed by atoms with Gasteiger partial charge in [-0.3, -0.25) is 4.79 Å². The van der Waals surface area contributed by atoms with E-state index in [9.17, 15) is 34.2 Å². The molecule has 2 aromatic carbocycles. The number of phenolic OH excluding ortho intramolecular Hbond substituents is 2. The summed E-state index contributed by atoms with van der Waals surface area (Å²) in [6.45, 7) is 3.20. The maximum atomic E-state index is 12.5. The number of esters is 4. The molecule has 35 heavy (non-hydrogen) atoms. The van der Waals surface area contributed by atoms with Crippen molar-refractivity contribution < 1.29 is 53.1 Å². The Morgan fingerprint density at radius 1 is 0.800 bits per heavy atom. The van der Waals surface area contributed by atoms with E-state index in [1.807, 2.05) is 0 Å². The van der Waals surface area contributed by atoms with Crippen LogP contribution in [0, 0.1) is 0 Å². The van der Waals surface area contributed by atoms with Crippen LogP contribution in [0.1, 0.15) is 25.0 Å². The van der Waals surface area contributed by atoms with E-state index < -0.39 is 35.1 Å². The SMILES string of the molecule is CCOC(=O)C(=O)C(=O)OCC.O=C1Oc2cc(O)c(Br)cc2C12C(=O)Oc1cc(O)c(Br)cc12. The minimum Gasteiger partial charge on any atom is -0.507 e. The molecule has 0 radical (unpaired) electrons. The summed E-state index contributed by atoms with van der Waals surface area (Å²) < 4.78 is 19.5. The van der Waals surface area contributed by atoms with Crippen molar-refractivity contribution >= 4 is 61.5 Å². The highest BCUT2D eigenvalue weighted by atomic mass is 79.9. The van der Waals surface area contributed by atoms with Gasteiger partial charge in [0.15, 0.2) is 0 Å². The zero-order valence-electron chi connectivity index (χ0n) is 18.0. The van der Waals surface area contributed by atoms with Crippen molar-refractivity contribution in [3.05, 3.63) is 44.3 Å². The maximum absolute atomic E-state index is 12.5. The van der Waals surface area contributed by atoms with Crippen LogP contribution in [0.2, 0.25) is 0 Å². The van der Waals surface area contributed by atoms with E-state index in [4.69, 9.17) is 9.47 Å². The molecule has 11 nitrogen and oxygen atoms in total. The van der Waals surface area contributed by atoms with Crippen LogP contribution in [0.25, 0.3) is 0 Å². The third kappa shape index (κ3) is 4.48. The van der Waals surface area contributed by atoms with Gasteiger partial charge in [-0.15, -0.1) is 0 Å². The van der Waals surface area contributed by atoms with Gasteiger partial charge in [0.05, 0.1) is 22.2 Å². The number of rotatable bonds is 4. The summed E-state index contributed by atoms with van der Waals surface area (Å²) in [6, 6.07) is 5.42. The lowest BCUT2D eigenvalue weighted by molar-refractivity contribution is -0.164. The van der Waals surface area contributed by atoms with E-state index in [0.717, 1.165) is 0 Å². The lowest BCUT2D eigenvalue weighted by Crippen LogP contribution is -2.41. The maximum Gasteiger partial charge on any atom is 0.386 e. The number of halogens is 2. The second kappa shape index (κ2) is 10.0. The molecule has 0 amide bonds. The van der Waals surface area contributed by atoms with Crippen molar-refractivity contribution in [3.63, 3.8) is 0 Å². The van der Waals surface area contributed by atoms with Crippen LogP contribution in [-0.4, -0.2) is 53.1 Å². The van der Waals surface area contributed by atoms with Crippen LogP contribution >= 0.6 is 31.9 Å². The van der Waals surface area contributed by atoms with Gasteiger partial charge in [-0.05, 0) is 57.8 Å². The number of carbonyl (C=O) groups is 5. The van der Waals surface area contributed by atoms with Gasteiger partial charge in [0.1, 0.15) is 23.0 Å². The largest absolute Gasteiger partial charge is 0.507 e. The van der Waals surface area contributed by atoms with E-state index in [2.05, 4.69) is 41.3 Å². The molecule has 2 aliphatic rings. The van der Waals surface area contributed by atoms with E-state index in [0.29, 0.717) is 8.95 Å². The number of ketones is 1. The molecule has 0 aliphatic carbocycles. The molecule has 0 saturated heterocycles. The van der Waals surface area contributed by atoms with Crippen LogP contribution in [0.5, 0.6) is 23.0 Å². The lowest BCUT2D eigenvalue weighted by Gasteiger charge is -2.16. The Hall–Kier alpha value is -3.45. The molecule has 13 heteroatoms. The van der Waals surface area contributed by atoms with E-state index in [1.165, 1.54) is 38.1 Å². The molecule has 2 aromatic rings. The lowest BCUT2D eigenvalue weighted by atomic mass is 9.76. The van der Waals surface area contributed by atoms with Gasteiger partial charge in [0.25, 0.3) is 0 Å². The molecule has 2 heterocycles. The number of Topliss-reactive ketones (excluding diaryl/α,β-unsaturated/α-hetero) is 1. The van der Waals surface area contributed by atoms with Crippen molar-refractivity contribution in [2.45, 2.75) is 19.3 Å². The first-order chi connectivity index (χ1) is 16.5. The summed E-state index contributed by atoms with van der Waals surface area (Å²) in [5.74, 6) is -5.29. The molecule has 0 fully saturated rings. The van der Waals surface area contributed by atoms with Crippen molar-refractivity contribution in [2.75, 3.05) is 13.2 Å². The molecular weight excluding hydrogens is 600 g/mol. The molecule has 184 valence electrons.